The van der Waals surface area contributed by atoms with Gasteiger partial charge in [-0.2, -0.15) is 4.98 Å². The molecule has 0 unspecified atom stereocenters. The Hall–Kier alpha value is -6.11. The van der Waals surface area contributed by atoms with Gasteiger partial charge in [-0.1, -0.05) is 35.5 Å². The quantitative estimate of drug-likeness (QED) is 0.277. The number of nitrogens with one attached hydrogen (secondary N) is 2. The Morgan fingerprint density at radius 2 is 1.78 bits per heavy atom. The van der Waals surface area contributed by atoms with E-state index in [-0.39, 0.29) is 43.5 Å². The van der Waals surface area contributed by atoms with Crippen molar-refractivity contribution in [3.05, 3.63) is 114 Å². The maximum absolute atomic E-state index is 15.1. The van der Waals surface area contributed by atoms with Crippen molar-refractivity contribution in [2.45, 2.75) is 38.0 Å². The minimum Gasteiger partial charge on any atom is -0.486 e. The van der Waals surface area contributed by atoms with Gasteiger partial charge in [0.05, 0.1) is 18.2 Å². The molecule has 13 heteroatoms. The van der Waals surface area contributed by atoms with Gasteiger partial charge in [0, 0.05) is 43.9 Å². The summed E-state index contributed by atoms with van der Waals surface area (Å²) in [4.78, 5) is 49.6. The van der Waals surface area contributed by atoms with Crippen molar-refractivity contribution < 1.29 is 32.8 Å². The molecular weight excluding hydrogens is 643 g/mol. The summed E-state index contributed by atoms with van der Waals surface area (Å²) in [7, 11) is 0. The van der Waals surface area contributed by atoms with Crippen LogP contribution >= 0.6 is 0 Å². The molecule has 50 heavy (non-hydrogen) atoms. The molecular formula is C37H33FN6O6. The first kappa shape index (κ1) is 32.4. The Balaban J connectivity index is 1.08. The van der Waals surface area contributed by atoms with E-state index < -0.39 is 23.9 Å². The van der Waals surface area contributed by atoms with Crippen LogP contribution in [0.15, 0.2) is 95.8 Å². The van der Waals surface area contributed by atoms with Gasteiger partial charge in [0.25, 0.3) is 11.8 Å². The number of hydrogen-bond donors (Lipinski definition) is 2. The van der Waals surface area contributed by atoms with Gasteiger partial charge >= 0.3 is 0 Å². The number of nitrogens with zero attached hydrogens (tertiary/aromatic N) is 4. The molecule has 1 fully saturated rings. The summed E-state index contributed by atoms with van der Waals surface area (Å²) in [6.45, 7) is 0.484. The summed E-state index contributed by atoms with van der Waals surface area (Å²) in [5.74, 6) is 0.0651. The predicted molar refractivity (Wildman–Crippen MR) is 178 cm³/mol. The summed E-state index contributed by atoms with van der Waals surface area (Å²) in [5.41, 5.74) is 2.69. The van der Waals surface area contributed by atoms with Crippen LogP contribution in [0.4, 0.5) is 4.39 Å². The molecule has 0 saturated carbocycles. The van der Waals surface area contributed by atoms with Crippen LogP contribution < -0.4 is 20.1 Å². The average molecular weight is 677 g/mol. The number of halogens is 1. The number of amides is 3. The van der Waals surface area contributed by atoms with E-state index in [1.54, 1.807) is 65.8 Å². The minimum absolute atomic E-state index is 0.130. The van der Waals surface area contributed by atoms with Gasteiger partial charge in [-0.3, -0.25) is 19.4 Å². The number of hydrogen-bond acceptors (Lipinski definition) is 9. The Labute approximate surface area is 286 Å². The molecule has 3 aliphatic heterocycles. The Bertz CT molecular complexity index is 2000. The molecule has 254 valence electrons. The molecule has 2 N–H and O–H groups in total. The summed E-state index contributed by atoms with van der Waals surface area (Å²) in [6.07, 6.45) is 3.77. The highest BCUT2D eigenvalue weighted by Crippen LogP contribution is 2.27. The van der Waals surface area contributed by atoms with Gasteiger partial charge in [0.2, 0.25) is 17.6 Å². The fourth-order valence-electron chi connectivity index (χ4n) is 5.90. The third-order valence-corrected chi connectivity index (χ3v) is 8.55. The van der Waals surface area contributed by atoms with Gasteiger partial charge in [-0.15, -0.1) is 0 Å². The number of aryl methyl sites for hydroxylation is 1. The number of carbonyl (C=O) groups is 3. The SMILES string of the molecule is O=C1COc2cccc(c2)-c2ccc(F)c(c2)C(=O)N[C@H]2CN(C(=O)CCCc3nc(-c4cccnc4)no3)C[C@@H]2Oc2ccc(cc2)CN1. The lowest BCUT2D eigenvalue weighted by atomic mass is 10.0. The third kappa shape index (κ3) is 7.62. The summed E-state index contributed by atoms with van der Waals surface area (Å²) >= 11 is 0. The lowest BCUT2D eigenvalue weighted by Gasteiger charge is -2.21. The second-order valence-electron chi connectivity index (χ2n) is 12.1. The van der Waals surface area contributed by atoms with E-state index in [4.69, 9.17) is 14.0 Å². The van der Waals surface area contributed by atoms with Crippen LogP contribution in [-0.4, -0.2) is 69.6 Å². The number of pyridine rings is 1. The van der Waals surface area contributed by atoms with Gasteiger partial charge < -0.3 is 29.5 Å². The Kier molecular flexibility index (Phi) is 9.45. The van der Waals surface area contributed by atoms with Crippen LogP contribution in [0, 0.1) is 5.82 Å². The van der Waals surface area contributed by atoms with E-state index in [9.17, 15) is 14.4 Å². The monoisotopic (exact) mass is 676 g/mol. The highest BCUT2D eigenvalue weighted by molar-refractivity contribution is 5.96. The lowest BCUT2D eigenvalue weighted by Crippen LogP contribution is -2.45. The van der Waals surface area contributed by atoms with E-state index in [0.717, 1.165) is 11.1 Å². The van der Waals surface area contributed by atoms with Gasteiger partial charge in [-0.25, -0.2) is 4.39 Å². The van der Waals surface area contributed by atoms with Crippen LogP contribution in [0.2, 0.25) is 0 Å². The first-order valence-electron chi connectivity index (χ1n) is 16.2. The Morgan fingerprint density at radius 3 is 2.62 bits per heavy atom. The Morgan fingerprint density at radius 1 is 0.940 bits per heavy atom. The number of aromatic nitrogens is 3. The van der Waals surface area contributed by atoms with Crippen molar-refractivity contribution in [2.24, 2.45) is 0 Å². The average Bonchev–Trinajstić information content (AvgIpc) is 3.78. The van der Waals surface area contributed by atoms with Crippen molar-refractivity contribution in [3.63, 3.8) is 0 Å². The van der Waals surface area contributed by atoms with Crippen molar-refractivity contribution in [3.8, 4) is 34.0 Å². The fraction of sp³-hybridized carbons (Fsp3) is 0.243. The molecule has 5 aromatic rings. The molecule has 0 aliphatic carbocycles. The normalized spacial score (nSPS) is 17.6. The maximum Gasteiger partial charge on any atom is 0.258 e. The summed E-state index contributed by atoms with van der Waals surface area (Å²) < 4.78 is 32.5. The number of likely N-dealkylation sites (tertiary alicyclic amines) is 1. The summed E-state index contributed by atoms with van der Waals surface area (Å²) in [6, 6.07) is 21.4. The molecule has 3 aliphatic rings. The number of fused-ring (bicyclic) bond motifs is 7. The molecule has 2 aromatic heterocycles. The zero-order chi connectivity index (χ0) is 34.5. The standard InChI is InChI=1S/C37H33FN6O6/c38-30-14-11-25-17-29(30)37(47)41-31-20-44(35(46)8-2-7-34-42-36(43-50-34)26-5-3-15-39-19-26)21-32(31)49-27-12-9-23(10-13-27)18-40-33(45)22-48-28-6-1-4-24(25)16-28/h1,3-6,9-17,19,31-32H,2,7-8,18,20-22H2,(H,40,45)(H,41,47)/t31-,32-/m0/s1. The molecule has 3 aromatic carbocycles. The highest BCUT2D eigenvalue weighted by atomic mass is 19.1. The fourth-order valence-corrected chi connectivity index (χ4v) is 5.90. The number of benzene rings is 3. The molecule has 6 bridgehead atoms. The molecule has 0 radical (unpaired) electrons. The summed E-state index contributed by atoms with van der Waals surface area (Å²) in [5, 5.41) is 9.78. The largest absolute Gasteiger partial charge is 0.486 e. The van der Waals surface area contributed by atoms with Crippen LogP contribution in [0.1, 0.15) is 34.7 Å². The van der Waals surface area contributed by atoms with Crippen LogP contribution in [0.5, 0.6) is 11.5 Å². The van der Waals surface area contributed by atoms with Gasteiger partial charge in [-0.05, 0) is 71.6 Å². The van der Waals surface area contributed by atoms with Crippen molar-refractivity contribution in [1.82, 2.24) is 30.7 Å². The zero-order valence-corrected chi connectivity index (χ0v) is 26.9. The molecule has 0 spiro atoms. The maximum atomic E-state index is 15.1. The van der Waals surface area contributed by atoms with E-state index >= 15 is 4.39 Å². The van der Waals surface area contributed by atoms with E-state index in [1.807, 2.05) is 18.2 Å². The van der Waals surface area contributed by atoms with Gasteiger partial charge in [0.1, 0.15) is 23.4 Å². The van der Waals surface area contributed by atoms with Crippen molar-refractivity contribution in [2.75, 3.05) is 19.7 Å². The van der Waals surface area contributed by atoms with E-state index in [2.05, 4.69) is 25.8 Å². The topological polar surface area (TPSA) is 149 Å². The predicted octanol–water partition coefficient (Wildman–Crippen LogP) is 4.36. The van der Waals surface area contributed by atoms with Crippen LogP contribution in [0.25, 0.3) is 22.5 Å². The molecule has 12 nitrogen and oxygen atoms in total. The molecule has 1 saturated heterocycles. The molecule has 5 heterocycles. The molecule has 8 rings (SSSR count). The lowest BCUT2D eigenvalue weighted by molar-refractivity contribution is -0.130. The van der Waals surface area contributed by atoms with Gasteiger partial charge in [0.15, 0.2) is 6.61 Å². The highest BCUT2D eigenvalue weighted by Gasteiger charge is 2.38. The number of ether oxygens (including phenoxy) is 2. The first-order valence-corrected chi connectivity index (χ1v) is 16.2. The van der Waals surface area contributed by atoms with Crippen molar-refractivity contribution >= 4 is 17.7 Å². The number of rotatable bonds is 5. The minimum atomic E-state index is -0.691. The van der Waals surface area contributed by atoms with Crippen LogP contribution in [0.3, 0.4) is 0 Å². The first-order chi connectivity index (χ1) is 24.4. The molecule has 2 atom stereocenters. The second kappa shape index (κ2) is 14.6. The molecule has 3 amide bonds. The van der Waals surface area contributed by atoms with Crippen molar-refractivity contribution in [1.29, 1.82) is 0 Å². The number of carbonyl (C=O) groups excluding carboxylic acids is 3. The third-order valence-electron chi connectivity index (χ3n) is 8.55. The zero-order valence-electron chi connectivity index (χ0n) is 26.9. The van der Waals surface area contributed by atoms with E-state index in [0.29, 0.717) is 53.7 Å². The van der Waals surface area contributed by atoms with Crippen LogP contribution in [-0.2, 0) is 22.6 Å². The second-order valence-corrected chi connectivity index (χ2v) is 12.1. The smallest absolute Gasteiger partial charge is 0.258 e. The van der Waals surface area contributed by atoms with E-state index in [1.165, 1.54) is 12.1 Å².